The number of benzene rings is 1. The number of aromatic carboxylic acids is 1. The van der Waals surface area contributed by atoms with E-state index in [0.29, 0.717) is 11.4 Å². The second-order valence-corrected chi connectivity index (χ2v) is 7.26. The second-order valence-electron chi connectivity index (χ2n) is 6.17. The Labute approximate surface area is 146 Å². The molecule has 0 saturated carbocycles. The van der Waals surface area contributed by atoms with Crippen molar-refractivity contribution in [2.24, 2.45) is 0 Å². The lowest BCUT2D eigenvalue weighted by Gasteiger charge is -2.09. The van der Waals surface area contributed by atoms with Gasteiger partial charge < -0.3 is 9.90 Å². The molecular weight excluding hydrogens is 336 g/mol. The van der Waals surface area contributed by atoms with E-state index in [1.54, 1.807) is 40.4 Å². The van der Waals surface area contributed by atoms with Crippen molar-refractivity contribution in [2.75, 3.05) is 0 Å². The maximum Gasteiger partial charge on any atom is 0.182 e. The summed E-state index contributed by atoms with van der Waals surface area (Å²) in [7, 11) is 0. The molecule has 124 valence electrons. The minimum Gasteiger partial charge on any atom is -0.545 e. The number of aromatic nitrogens is 4. The highest BCUT2D eigenvalue weighted by molar-refractivity contribution is 7.19. The average Bonchev–Trinajstić information content (AvgIpc) is 3.22. The molecule has 0 aliphatic heterocycles. The topological polar surface area (TPSA) is 83.2 Å². The summed E-state index contributed by atoms with van der Waals surface area (Å²) in [6, 6.07) is 6.65. The highest BCUT2D eigenvalue weighted by Gasteiger charge is 2.21. The lowest BCUT2D eigenvalue weighted by atomic mass is 9.97. The smallest absolute Gasteiger partial charge is 0.182 e. The quantitative estimate of drug-likeness (QED) is 0.554. The molecule has 4 aromatic rings. The van der Waals surface area contributed by atoms with Crippen molar-refractivity contribution in [1.29, 1.82) is 0 Å². The Morgan fingerprint density at radius 2 is 2.04 bits per heavy atom. The molecule has 5 rings (SSSR count). The average molecular weight is 349 g/mol. The van der Waals surface area contributed by atoms with Gasteiger partial charge in [-0.3, -0.25) is 0 Å². The van der Waals surface area contributed by atoms with Gasteiger partial charge in [-0.25, -0.2) is 14.5 Å². The standard InChI is InChI=1S/C18H14N4O2S/c23-18(24)11-6-2-1-5-10(11)15-20-16-14-12-7-3-4-8-13(12)25-17(14)19-9-22(16)21-15/h1-2,5-6,9H,3-4,7-8H2,(H,23,24)/p-1. The van der Waals surface area contributed by atoms with Crippen molar-refractivity contribution >= 4 is 33.2 Å². The molecule has 6 nitrogen and oxygen atoms in total. The van der Waals surface area contributed by atoms with Crippen LogP contribution in [0.15, 0.2) is 30.6 Å². The minimum absolute atomic E-state index is 0.0926. The van der Waals surface area contributed by atoms with Crippen molar-refractivity contribution in [3.63, 3.8) is 0 Å². The Balaban J connectivity index is 1.79. The van der Waals surface area contributed by atoms with Crippen LogP contribution in [0.25, 0.3) is 27.3 Å². The minimum atomic E-state index is -1.23. The van der Waals surface area contributed by atoms with Crippen LogP contribution in [0.2, 0.25) is 0 Å². The molecule has 1 aliphatic rings. The molecule has 1 aliphatic carbocycles. The fraction of sp³-hybridized carbons (Fsp3) is 0.222. The van der Waals surface area contributed by atoms with Crippen LogP contribution in [0, 0.1) is 0 Å². The largest absolute Gasteiger partial charge is 0.545 e. The number of carbonyl (C=O) groups excluding carboxylic acids is 1. The molecular formula is C18H13N4O2S-. The van der Waals surface area contributed by atoms with E-state index in [-0.39, 0.29) is 5.56 Å². The lowest BCUT2D eigenvalue weighted by Crippen LogP contribution is -2.23. The van der Waals surface area contributed by atoms with Crippen molar-refractivity contribution in [3.05, 3.63) is 46.6 Å². The van der Waals surface area contributed by atoms with Gasteiger partial charge in [0.1, 0.15) is 11.2 Å². The van der Waals surface area contributed by atoms with Gasteiger partial charge in [0.15, 0.2) is 11.5 Å². The van der Waals surface area contributed by atoms with Gasteiger partial charge in [-0.1, -0.05) is 24.3 Å². The van der Waals surface area contributed by atoms with E-state index in [4.69, 9.17) is 0 Å². The van der Waals surface area contributed by atoms with E-state index in [9.17, 15) is 9.90 Å². The van der Waals surface area contributed by atoms with Gasteiger partial charge in [-0.2, -0.15) is 0 Å². The van der Waals surface area contributed by atoms with Crippen molar-refractivity contribution in [1.82, 2.24) is 19.6 Å². The number of carboxylic acids is 1. The first-order valence-electron chi connectivity index (χ1n) is 8.19. The molecule has 0 amide bonds. The molecule has 0 saturated heterocycles. The van der Waals surface area contributed by atoms with Gasteiger partial charge in [0.2, 0.25) is 0 Å². The number of hydrogen-bond donors (Lipinski definition) is 0. The third kappa shape index (κ3) is 2.16. The van der Waals surface area contributed by atoms with Crippen LogP contribution in [0.1, 0.15) is 33.6 Å². The van der Waals surface area contributed by atoms with Gasteiger partial charge in [-0.15, -0.1) is 16.4 Å². The maximum atomic E-state index is 11.4. The Morgan fingerprint density at radius 3 is 2.92 bits per heavy atom. The number of thiophene rings is 1. The van der Waals surface area contributed by atoms with Gasteiger partial charge >= 0.3 is 0 Å². The molecule has 7 heteroatoms. The first-order valence-corrected chi connectivity index (χ1v) is 9.00. The lowest BCUT2D eigenvalue weighted by molar-refractivity contribution is -0.254. The molecule has 0 unspecified atom stereocenters. The molecule has 1 aromatic carbocycles. The van der Waals surface area contributed by atoms with Crippen LogP contribution in [-0.4, -0.2) is 25.6 Å². The van der Waals surface area contributed by atoms with Gasteiger partial charge in [0.25, 0.3) is 0 Å². The number of carboxylic acid groups (broad SMARTS) is 1. The maximum absolute atomic E-state index is 11.4. The van der Waals surface area contributed by atoms with Crippen LogP contribution >= 0.6 is 11.3 Å². The molecule has 0 N–H and O–H groups in total. The molecule has 0 fully saturated rings. The van der Waals surface area contributed by atoms with Gasteiger partial charge in [0.05, 0.1) is 11.4 Å². The van der Waals surface area contributed by atoms with E-state index >= 15 is 0 Å². The number of aryl methyl sites for hydroxylation is 2. The summed E-state index contributed by atoms with van der Waals surface area (Å²) in [4.78, 5) is 22.9. The van der Waals surface area contributed by atoms with E-state index in [0.717, 1.165) is 28.7 Å². The van der Waals surface area contributed by atoms with Crippen molar-refractivity contribution in [2.45, 2.75) is 25.7 Å². The Hall–Kier alpha value is -2.80. The molecule has 3 aromatic heterocycles. The van der Waals surface area contributed by atoms with E-state index in [1.165, 1.54) is 29.3 Å². The van der Waals surface area contributed by atoms with Gasteiger partial charge in [0, 0.05) is 16.0 Å². The zero-order valence-corrected chi connectivity index (χ0v) is 14.0. The van der Waals surface area contributed by atoms with E-state index in [1.807, 2.05) is 0 Å². The summed E-state index contributed by atoms with van der Waals surface area (Å²) in [5.74, 6) is -0.851. The SMILES string of the molecule is O=C([O-])c1ccccc1-c1nc2c3c4c(sc3ncn2n1)CCCC4. The summed E-state index contributed by atoms with van der Waals surface area (Å²) < 4.78 is 1.64. The highest BCUT2D eigenvalue weighted by atomic mass is 32.1. The molecule has 0 atom stereocenters. The third-order valence-corrected chi connectivity index (χ3v) is 5.88. The molecule has 0 radical (unpaired) electrons. The van der Waals surface area contributed by atoms with Crippen LogP contribution in [-0.2, 0) is 12.8 Å². The first kappa shape index (κ1) is 14.5. The predicted molar refractivity (Wildman–Crippen MR) is 92.6 cm³/mol. The highest BCUT2D eigenvalue weighted by Crippen LogP contribution is 2.37. The number of carbonyl (C=O) groups is 1. The number of fused-ring (bicyclic) bond motifs is 5. The number of nitrogens with zero attached hydrogens (tertiary/aromatic N) is 4. The van der Waals surface area contributed by atoms with E-state index in [2.05, 4.69) is 15.1 Å². The van der Waals surface area contributed by atoms with Crippen LogP contribution in [0.4, 0.5) is 0 Å². The zero-order chi connectivity index (χ0) is 17.0. The summed E-state index contributed by atoms with van der Waals surface area (Å²) in [5.41, 5.74) is 2.63. The summed E-state index contributed by atoms with van der Waals surface area (Å²) >= 11 is 1.73. The number of hydrogen-bond acceptors (Lipinski definition) is 6. The summed E-state index contributed by atoms with van der Waals surface area (Å²) in [5, 5.41) is 16.9. The Kier molecular flexibility index (Phi) is 3.11. The van der Waals surface area contributed by atoms with Crippen LogP contribution < -0.4 is 5.11 Å². The van der Waals surface area contributed by atoms with E-state index < -0.39 is 5.97 Å². The fourth-order valence-corrected chi connectivity index (χ4v) is 4.75. The summed E-state index contributed by atoms with van der Waals surface area (Å²) in [6.07, 6.45) is 6.17. The Morgan fingerprint density at radius 1 is 1.20 bits per heavy atom. The Bertz CT molecular complexity index is 1140. The predicted octanol–water partition coefficient (Wildman–Crippen LogP) is 2.25. The van der Waals surface area contributed by atoms with Crippen molar-refractivity contribution in [3.8, 4) is 11.4 Å². The third-order valence-electron chi connectivity index (χ3n) is 4.68. The fourth-order valence-electron chi connectivity index (χ4n) is 3.52. The monoisotopic (exact) mass is 349 g/mol. The molecule has 3 heterocycles. The van der Waals surface area contributed by atoms with Crippen molar-refractivity contribution < 1.29 is 9.90 Å². The normalized spacial score (nSPS) is 14.1. The molecule has 25 heavy (non-hydrogen) atoms. The van der Waals surface area contributed by atoms with Crippen LogP contribution in [0.3, 0.4) is 0 Å². The summed E-state index contributed by atoms with van der Waals surface area (Å²) in [6.45, 7) is 0. The zero-order valence-electron chi connectivity index (χ0n) is 13.2. The first-order chi connectivity index (χ1) is 12.2. The van der Waals surface area contributed by atoms with Crippen LogP contribution in [0.5, 0.6) is 0 Å². The second kappa shape index (κ2) is 5.35. The molecule has 0 spiro atoms. The number of rotatable bonds is 2. The molecule has 0 bridgehead atoms. The van der Waals surface area contributed by atoms with Gasteiger partial charge in [-0.05, 0) is 31.2 Å².